The molecular formula is C26H23FN2O5. The van der Waals surface area contributed by atoms with Crippen LogP contribution in [0.5, 0.6) is 11.5 Å². The molecule has 1 heterocycles. The molecule has 8 heteroatoms. The molecule has 1 fully saturated rings. The Morgan fingerprint density at radius 3 is 2.65 bits per heavy atom. The third-order valence-electron chi connectivity index (χ3n) is 6.44. The molecule has 3 aromatic carbocycles. The molecule has 1 aliphatic heterocycles. The molecule has 5 rings (SSSR count). The van der Waals surface area contributed by atoms with Crippen LogP contribution in [0.25, 0.3) is 0 Å². The van der Waals surface area contributed by atoms with Gasteiger partial charge in [0.1, 0.15) is 18.1 Å². The van der Waals surface area contributed by atoms with E-state index in [1.54, 1.807) is 24.3 Å². The van der Waals surface area contributed by atoms with Gasteiger partial charge >= 0.3 is 12.2 Å². The van der Waals surface area contributed by atoms with Crippen LogP contribution < -0.4 is 10.1 Å². The zero-order chi connectivity index (χ0) is 23.7. The van der Waals surface area contributed by atoms with E-state index in [2.05, 4.69) is 5.32 Å². The van der Waals surface area contributed by atoms with Crippen molar-refractivity contribution < 1.29 is 28.6 Å². The molecule has 1 spiro atoms. The Labute approximate surface area is 195 Å². The number of rotatable bonds is 5. The van der Waals surface area contributed by atoms with Crippen molar-refractivity contribution in [1.29, 1.82) is 0 Å². The number of carbonyl (C=O) groups excluding carboxylic acids is 2. The molecule has 0 radical (unpaired) electrons. The number of aromatic hydroxyl groups is 1. The molecular weight excluding hydrogens is 439 g/mol. The number of hydrogen-bond acceptors (Lipinski definition) is 5. The second-order valence-corrected chi connectivity index (χ2v) is 8.49. The number of nitrogens with zero attached hydrogens (tertiary/aromatic N) is 1. The van der Waals surface area contributed by atoms with Crippen molar-refractivity contribution in [3.8, 4) is 11.5 Å². The van der Waals surface area contributed by atoms with E-state index >= 15 is 4.39 Å². The number of halogens is 1. The fraction of sp³-hybridized carbons (Fsp3) is 0.231. The SMILES string of the molecule is O=C(Nc1cccc(CN2C(=O)Oc3cc(O)ccc3C23CCC3)c1F)OCc1ccccc1. The highest BCUT2D eigenvalue weighted by Gasteiger charge is 2.51. The minimum Gasteiger partial charge on any atom is -0.508 e. The van der Waals surface area contributed by atoms with Crippen molar-refractivity contribution in [2.45, 2.75) is 38.0 Å². The average Bonchev–Trinajstić information content (AvgIpc) is 2.80. The van der Waals surface area contributed by atoms with Crippen LogP contribution in [0.4, 0.5) is 19.7 Å². The summed E-state index contributed by atoms with van der Waals surface area (Å²) in [4.78, 5) is 26.6. The summed E-state index contributed by atoms with van der Waals surface area (Å²) < 4.78 is 26.0. The number of benzene rings is 3. The molecule has 1 aliphatic carbocycles. The summed E-state index contributed by atoms with van der Waals surface area (Å²) in [5, 5.41) is 12.2. The Balaban J connectivity index is 1.34. The highest BCUT2D eigenvalue weighted by atomic mass is 19.1. The average molecular weight is 462 g/mol. The van der Waals surface area contributed by atoms with Gasteiger partial charge in [-0.3, -0.25) is 10.2 Å². The molecule has 0 bridgehead atoms. The van der Waals surface area contributed by atoms with Gasteiger partial charge in [0.2, 0.25) is 0 Å². The molecule has 7 nitrogen and oxygen atoms in total. The molecule has 34 heavy (non-hydrogen) atoms. The zero-order valence-electron chi connectivity index (χ0n) is 18.3. The number of nitrogens with one attached hydrogen (secondary N) is 1. The van der Waals surface area contributed by atoms with Gasteiger partial charge in [0.25, 0.3) is 0 Å². The lowest BCUT2D eigenvalue weighted by atomic mass is 9.69. The normalized spacial score (nSPS) is 15.8. The Kier molecular flexibility index (Phi) is 5.57. The summed E-state index contributed by atoms with van der Waals surface area (Å²) in [6.07, 6.45) is 0.970. The van der Waals surface area contributed by atoms with E-state index in [1.165, 1.54) is 17.0 Å². The first kappa shape index (κ1) is 21.8. The number of phenolic OH excluding ortho intramolecular Hbond substituents is 1. The van der Waals surface area contributed by atoms with Gasteiger partial charge in [-0.25, -0.2) is 14.0 Å². The van der Waals surface area contributed by atoms with Gasteiger partial charge in [0, 0.05) is 17.2 Å². The van der Waals surface area contributed by atoms with Crippen molar-refractivity contribution in [2.24, 2.45) is 0 Å². The smallest absolute Gasteiger partial charge is 0.416 e. The van der Waals surface area contributed by atoms with Gasteiger partial charge < -0.3 is 14.6 Å². The van der Waals surface area contributed by atoms with Crippen LogP contribution in [0.3, 0.4) is 0 Å². The Morgan fingerprint density at radius 1 is 1.12 bits per heavy atom. The van der Waals surface area contributed by atoms with E-state index < -0.39 is 23.5 Å². The number of ether oxygens (including phenoxy) is 2. The fourth-order valence-electron chi connectivity index (χ4n) is 4.55. The molecule has 2 N–H and O–H groups in total. The molecule has 2 amide bonds. The molecule has 1 saturated carbocycles. The van der Waals surface area contributed by atoms with E-state index in [9.17, 15) is 14.7 Å². The molecule has 174 valence electrons. The summed E-state index contributed by atoms with van der Waals surface area (Å²) >= 11 is 0. The first-order chi connectivity index (χ1) is 16.5. The number of hydrogen-bond donors (Lipinski definition) is 2. The minimum atomic E-state index is -0.776. The van der Waals surface area contributed by atoms with Crippen LogP contribution in [0, 0.1) is 5.82 Å². The number of amides is 2. The van der Waals surface area contributed by atoms with Gasteiger partial charge in [0.05, 0.1) is 17.8 Å². The summed E-state index contributed by atoms with van der Waals surface area (Å²) in [5.41, 5.74) is 1.22. The third-order valence-corrected chi connectivity index (χ3v) is 6.44. The standard InChI is InChI=1S/C26H23FN2O5/c27-23-18(8-4-9-21(23)28-24(31)33-16-17-6-2-1-3-7-17)15-29-25(32)34-22-14-19(30)10-11-20(22)26(29)12-5-13-26/h1-4,6-11,14,30H,5,12-13,15-16H2,(H,28,31). The fourth-order valence-corrected chi connectivity index (χ4v) is 4.55. The van der Waals surface area contributed by atoms with Gasteiger partial charge in [0.15, 0.2) is 5.82 Å². The highest BCUT2D eigenvalue weighted by molar-refractivity contribution is 5.85. The second kappa shape index (κ2) is 8.70. The van der Waals surface area contributed by atoms with Gasteiger partial charge in [-0.1, -0.05) is 42.5 Å². The topological polar surface area (TPSA) is 88.1 Å². The maximum Gasteiger partial charge on any atom is 0.416 e. The summed E-state index contributed by atoms with van der Waals surface area (Å²) in [5.74, 6) is -0.297. The van der Waals surface area contributed by atoms with Crippen molar-refractivity contribution in [3.63, 3.8) is 0 Å². The van der Waals surface area contributed by atoms with Gasteiger partial charge in [-0.05, 0) is 43.0 Å². The van der Waals surface area contributed by atoms with Gasteiger partial charge in [-0.2, -0.15) is 0 Å². The molecule has 0 unspecified atom stereocenters. The van der Waals surface area contributed by atoms with Gasteiger partial charge in [-0.15, -0.1) is 0 Å². The molecule has 0 atom stereocenters. The third kappa shape index (κ3) is 3.91. The highest BCUT2D eigenvalue weighted by Crippen LogP contribution is 2.53. The number of anilines is 1. The van der Waals surface area contributed by atoms with Crippen LogP contribution in [0.2, 0.25) is 0 Å². The first-order valence-electron chi connectivity index (χ1n) is 11.0. The summed E-state index contributed by atoms with van der Waals surface area (Å²) in [6.45, 7) is 0.0324. The van der Waals surface area contributed by atoms with Crippen LogP contribution in [-0.2, 0) is 23.4 Å². The molecule has 2 aliphatic rings. The lowest BCUT2D eigenvalue weighted by Gasteiger charge is -2.52. The zero-order valence-corrected chi connectivity index (χ0v) is 18.3. The maximum absolute atomic E-state index is 15.3. The summed E-state index contributed by atoms with van der Waals surface area (Å²) in [6, 6.07) is 18.5. The van der Waals surface area contributed by atoms with E-state index in [1.807, 2.05) is 30.3 Å². The van der Waals surface area contributed by atoms with E-state index in [0.29, 0.717) is 18.6 Å². The van der Waals surface area contributed by atoms with Crippen LogP contribution in [-0.4, -0.2) is 22.2 Å². The van der Waals surface area contributed by atoms with Crippen molar-refractivity contribution >= 4 is 17.9 Å². The van der Waals surface area contributed by atoms with Crippen molar-refractivity contribution in [3.05, 3.63) is 89.2 Å². The Hall–Kier alpha value is -4.07. The van der Waals surface area contributed by atoms with Crippen molar-refractivity contribution in [1.82, 2.24) is 4.90 Å². The predicted molar refractivity (Wildman–Crippen MR) is 122 cm³/mol. The largest absolute Gasteiger partial charge is 0.508 e. The Morgan fingerprint density at radius 2 is 1.91 bits per heavy atom. The Bertz CT molecular complexity index is 1240. The molecule has 0 saturated heterocycles. The predicted octanol–water partition coefficient (Wildman–Crippen LogP) is 5.67. The maximum atomic E-state index is 15.3. The molecule has 0 aromatic heterocycles. The number of carbonyl (C=O) groups is 2. The van der Waals surface area contributed by atoms with Crippen molar-refractivity contribution in [2.75, 3.05) is 5.32 Å². The first-order valence-corrected chi connectivity index (χ1v) is 11.0. The van der Waals surface area contributed by atoms with Crippen LogP contribution in [0.15, 0.2) is 66.7 Å². The molecule has 3 aromatic rings. The summed E-state index contributed by atoms with van der Waals surface area (Å²) in [7, 11) is 0. The number of phenols is 1. The van der Waals surface area contributed by atoms with E-state index in [0.717, 1.165) is 17.5 Å². The lowest BCUT2D eigenvalue weighted by Crippen LogP contribution is -2.57. The van der Waals surface area contributed by atoms with E-state index in [-0.39, 0.29) is 30.2 Å². The van der Waals surface area contributed by atoms with E-state index in [4.69, 9.17) is 9.47 Å². The van der Waals surface area contributed by atoms with Crippen LogP contribution >= 0.6 is 0 Å². The quantitative estimate of drug-likeness (QED) is 0.510. The second-order valence-electron chi connectivity index (χ2n) is 8.49. The van der Waals surface area contributed by atoms with Crippen LogP contribution in [0.1, 0.15) is 36.0 Å². The minimum absolute atomic E-state index is 0.0124. The number of fused-ring (bicyclic) bond motifs is 2. The monoisotopic (exact) mass is 462 g/mol. The lowest BCUT2D eigenvalue weighted by molar-refractivity contribution is 0.00112.